The molecule has 2 aliphatic rings. The largest absolute Gasteiger partial charge is 0.356 e. The minimum atomic E-state index is 0.558. The summed E-state index contributed by atoms with van der Waals surface area (Å²) in [5, 5.41) is 7.13. The van der Waals surface area contributed by atoms with Gasteiger partial charge < -0.3 is 15.5 Å². The first-order valence-electron chi connectivity index (χ1n) is 10.8. The van der Waals surface area contributed by atoms with E-state index >= 15 is 0 Å². The first-order chi connectivity index (χ1) is 13.3. The Labute approximate surface area is 165 Å². The highest BCUT2D eigenvalue weighted by Crippen LogP contribution is 2.18. The first kappa shape index (κ1) is 20.2. The van der Waals surface area contributed by atoms with Gasteiger partial charge in [-0.25, -0.2) is 0 Å². The lowest BCUT2D eigenvalue weighted by molar-refractivity contribution is 0.206. The highest BCUT2D eigenvalue weighted by Gasteiger charge is 2.19. The summed E-state index contributed by atoms with van der Waals surface area (Å²) in [6.07, 6.45) is 6.02. The van der Waals surface area contributed by atoms with Gasteiger partial charge in [-0.2, -0.15) is 0 Å². The number of aliphatic imine (C=N–C) groups is 1. The number of fused-ring (bicyclic) bond motifs is 1. The third kappa shape index (κ3) is 6.22. The van der Waals surface area contributed by atoms with Crippen LogP contribution in [0.2, 0.25) is 0 Å². The number of nitrogens with one attached hydrogen (secondary N) is 2. The monoisotopic (exact) mass is 371 g/mol. The zero-order valence-corrected chi connectivity index (χ0v) is 17.2. The van der Waals surface area contributed by atoms with Gasteiger partial charge in [0.2, 0.25) is 0 Å². The number of piperidine rings is 1. The van der Waals surface area contributed by atoms with Crippen LogP contribution in [0.5, 0.6) is 0 Å². The van der Waals surface area contributed by atoms with Crippen molar-refractivity contribution in [2.24, 2.45) is 4.99 Å². The fourth-order valence-corrected chi connectivity index (χ4v) is 4.26. The fourth-order valence-electron chi connectivity index (χ4n) is 4.26. The van der Waals surface area contributed by atoms with Crippen LogP contribution in [-0.2, 0) is 13.0 Å². The maximum absolute atomic E-state index is 4.42. The standard InChI is InChI=1S/C22H37N5/c1-3-13-26-16-10-21(11-17-26)25-22(23-2)24-12-6-14-27-15-9-19-7-4-5-8-20(19)18-27/h4-5,7-8,21H,3,6,9-18H2,1-2H3,(H2,23,24,25). The summed E-state index contributed by atoms with van der Waals surface area (Å²) in [7, 11) is 1.88. The van der Waals surface area contributed by atoms with Crippen molar-refractivity contribution in [3.05, 3.63) is 35.4 Å². The number of nitrogens with zero attached hydrogens (tertiary/aromatic N) is 3. The summed E-state index contributed by atoms with van der Waals surface area (Å²) in [4.78, 5) is 9.57. The average Bonchev–Trinajstić information content (AvgIpc) is 2.71. The smallest absolute Gasteiger partial charge is 0.191 e. The van der Waals surface area contributed by atoms with Gasteiger partial charge >= 0.3 is 0 Å². The van der Waals surface area contributed by atoms with Crippen molar-refractivity contribution in [3.63, 3.8) is 0 Å². The van der Waals surface area contributed by atoms with E-state index in [1.54, 1.807) is 0 Å². The van der Waals surface area contributed by atoms with Crippen molar-refractivity contribution in [3.8, 4) is 0 Å². The highest BCUT2D eigenvalue weighted by atomic mass is 15.2. The van der Waals surface area contributed by atoms with Gasteiger partial charge in [-0.15, -0.1) is 0 Å². The van der Waals surface area contributed by atoms with E-state index in [1.807, 2.05) is 7.05 Å². The van der Waals surface area contributed by atoms with Crippen molar-refractivity contribution >= 4 is 5.96 Å². The molecule has 1 aromatic rings. The SMILES string of the molecule is CCCN1CCC(NC(=NC)NCCCN2CCc3ccccc3C2)CC1. The van der Waals surface area contributed by atoms with E-state index in [0.717, 1.165) is 32.0 Å². The Bertz CT molecular complexity index is 592. The molecule has 1 fully saturated rings. The van der Waals surface area contributed by atoms with Crippen molar-refractivity contribution in [2.75, 3.05) is 46.3 Å². The van der Waals surface area contributed by atoms with Crippen molar-refractivity contribution in [1.29, 1.82) is 0 Å². The fraction of sp³-hybridized carbons (Fsp3) is 0.682. The minimum Gasteiger partial charge on any atom is -0.356 e. The molecular weight excluding hydrogens is 334 g/mol. The number of likely N-dealkylation sites (tertiary alicyclic amines) is 1. The number of rotatable bonds is 7. The van der Waals surface area contributed by atoms with Gasteiger partial charge in [-0.3, -0.25) is 9.89 Å². The second kappa shape index (κ2) is 10.7. The predicted octanol–water partition coefficient (Wildman–Crippen LogP) is 2.47. The molecule has 0 amide bonds. The van der Waals surface area contributed by atoms with Crippen LogP contribution in [0.1, 0.15) is 43.7 Å². The maximum Gasteiger partial charge on any atom is 0.191 e. The maximum atomic E-state index is 4.42. The Morgan fingerprint density at radius 2 is 1.85 bits per heavy atom. The molecule has 2 heterocycles. The van der Waals surface area contributed by atoms with E-state index in [2.05, 4.69) is 56.6 Å². The van der Waals surface area contributed by atoms with Crippen LogP contribution in [0.15, 0.2) is 29.3 Å². The normalized spacial score (nSPS) is 19.7. The predicted molar refractivity (Wildman–Crippen MR) is 114 cm³/mol. The summed E-state index contributed by atoms with van der Waals surface area (Å²) >= 11 is 0. The molecule has 1 saturated heterocycles. The van der Waals surface area contributed by atoms with Crippen LogP contribution < -0.4 is 10.6 Å². The molecular formula is C22H37N5. The van der Waals surface area contributed by atoms with Crippen LogP contribution in [0, 0.1) is 0 Å². The Morgan fingerprint density at radius 1 is 1.07 bits per heavy atom. The molecule has 150 valence electrons. The molecule has 0 atom stereocenters. The van der Waals surface area contributed by atoms with Gasteiger partial charge in [0.05, 0.1) is 0 Å². The second-order valence-corrected chi connectivity index (χ2v) is 7.91. The van der Waals surface area contributed by atoms with Gasteiger partial charge in [-0.1, -0.05) is 31.2 Å². The van der Waals surface area contributed by atoms with E-state index in [4.69, 9.17) is 0 Å². The Kier molecular flexibility index (Phi) is 7.96. The molecule has 5 nitrogen and oxygen atoms in total. The lowest BCUT2D eigenvalue weighted by atomic mass is 10.00. The Morgan fingerprint density at radius 3 is 2.59 bits per heavy atom. The molecule has 0 radical (unpaired) electrons. The molecule has 2 aliphatic heterocycles. The number of guanidine groups is 1. The molecule has 0 saturated carbocycles. The second-order valence-electron chi connectivity index (χ2n) is 7.91. The molecule has 5 heteroatoms. The van der Waals surface area contributed by atoms with Gasteiger partial charge in [0, 0.05) is 52.4 Å². The van der Waals surface area contributed by atoms with E-state index in [0.29, 0.717) is 6.04 Å². The summed E-state index contributed by atoms with van der Waals surface area (Å²) in [5.74, 6) is 0.966. The molecule has 1 aromatic carbocycles. The van der Waals surface area contributed by atoms with Gasteiger partial charge in [0.1, 0.15) is 0 Å². The van der Waals surface area contributed by atoms with E-state index in [1.165, 1.54) is 63.0 Å². The van der Waals surface area contributed by atoms with Gasteiger partial charge in [0.15, 0.2) is 5.96 Å². The summed E-state index contributed by atoms with van der Waals surface area (Å²) < 4.78 is 0. The Balaban J connectivity index is 1.31. The van der Waals surface area contributed by atoms with Crippen LogP contribution in [0.25, 0.3) is 0 Å². The van der Waals surface area contributed by atoms with E-state index in [9.17, 15) is 0 Å². The van der Waals surface area contributed by atoms with Crippen molar-refractivity contribution < 1.29 is 0 Å². The molecule has 2 N–H and O–H groups in total. The lowest BCUT2D eigenvalue weighted by Gasteiger charge is -2.33. The quantitative estimate of drug-likeness (QED) is 0.439. The first-order valence-corrected chi connectivity index (χ1v) is 10.8. The van der Waals surface area contributed by atoms with E-state index in [-0.39, 0.29) is 0 Å². The van der Waals surface area contributed by atoms with Crippen molar-refractivity contribution in [2.45, 2.75) is 51.6 Å². The topological polar surface area (TPSA) is 42.9 Å². The zero-order chi connectivity index (χ0) is 18.9. The van der Waals surface area contributed by atoms with Crippen LogP contribution in [0.4, 0.5) is 0 Å². The average molecular weight is 372 g/mol. The van der Waals surface area contributed by atoms with E-state index < -0.39 is 0 Å². The molecule has 27 heavy (non-hydrogen) atoms. The molecule has 0 spiro atoms. The lowest BCUT2D eigenvalue weighted by Crippen LogP contribution is -2.49. The van der Waals surface area contributed by atoms with Crippen molar-refractivity contribution in [1.82, 2.24) is 20.4 Å². The highest BCUT2D eigenvalue weighted by molar-refractivity contribution is 5.79. The zero-order valence-electron chi connectivity index (χ0n) is 17.2. The number of hydrogen-bond acceptors (Lipinski definition) is 3. The van der Waals surface area contributed by atoms with Gasteiger partial charge in [-0.05, 0) is 49.8 Å². The molecule has 0 bridgehead atoms. The molecule has 0 unspecified atom stereocenters. The summed E-state index contributed by atoms with van der Waals surface area (Å²) in [5.41, 5.74) is 3.03. The number of benzene rings is 1. The van der Waals surface area contributed by atoms with Crippen LogP contribution >= 0.6 is 0 Å². The Hall–Kier alpha value is -1.59. The molecule has 0 aliphatic carbocycles. The van der Waals surface area contributed by atoms with Crippen LogP contribution in [0.3, 0.4) is 0 Å². The summed E-state index contributed by atoms with van der Waals surface area (Å²) in [6, 6.07) is 9.42. The van der Waals surface area contributed by atoms with Crippen LogP contribution in [-0.4, -0.2) is 68.1 Å². The van der Waals surface area contributed by atoms with Gasteiger partial charge in [0.25, 0.3) is 0 Å². The molecule has 0 aromatic heterocycles. The number of hydrogen-bond donors (Lipinski definition) is 2. The third-order valence-electron chi connectivity index (χ3n) is 5.85. The third-order valence-corrected chi connectivity index (χ3v) is 5.85. The molecule has 3 rings (SSSR count). The minimum absolute atomic E-state index is 0.558. The summed E-state index contributed by atoms with van der Waals surface area (Å²) in [6.45, 7) is 10.3.